The van der Waals surface area contributed by atoms with E-state index in [1.54, 1.807) is 37.3 Å². The summed E-state index contributed by atoms with van der Waals surface area (Å²) < 4.78 is 0. The van der Waals surface area contributed by atoms with E-state index in [0.29, 0.717) is 17.7 Å². The molecule has 0 heterocycles. The zero-order valence-corrected chi connectivity index (χ0v) is 8.90. The molecular weight excluding hydrogens is 204 g/mol. The fourth-order valence-electron chi connectivity index (χ4n) is 1.07. The van der Waals surface area contributed by atoms with Crippen molar-refractivity contribution < 1.29 is 9.90 Å². The quantitative estimate of drug-likeness (QED) is 0.755. The van der Waals surface area contributed by atoms with Gasteiger partial charge in [-0.25, -0.2) is 4.79 Å². The van der Waals surface area contributed by atoms with E-state index in [9.17, 15) is 4.79 Å². The van der Waals surface area contributed by atoms with Crippen molar-refractivity contribution in [2.45, 2.75) is 6.92 Å². The maximum absolute atomic E-state index is 10.5. The van der Waals surface area contributed by atoms with Crippen LogP contribution in [0.25, 0.3) is 0 Å². The molecule has 0 aliphatic heterocycles. The number of nitriles is 1. The predicted molar refractivity (Wildman–Crippen MR) is 61.0 cm³/mol. The second-order valence-corrected chi connectivity index (χ2v) is 3.26. The summed E-state index contributed by atoms with van der Waals surface area (Å²) in [5.41, 5.74) is 1.76. The third-order valence-corrected chi connectivity index (χ3v) is 2.07. The molecule has 1 aromatic carbocycles. The fourth-order valence-corrected chi connectivity index (χ4v) is 1.07. The summed E-state index contributed by atoms with van der Waals surface area (Å²) in [7, 11) is 0. The molecule has 0 saturated carbocycles. The normalized spacial score (nSPS) is 10.6. The van der Waals surface area contributed by atoms with E-state index in [2.05, 4.69) is 5.32 Å². The highest BCUT2D eigenvalue weighted by Crippen LogP contribution is 2.08. The molecule has 0 aliphatic rings. The molecule has 4 nitrogen and oxygen atoms in total. The minimum absolute atomic E-state index is 0.307. The highest BCUT2D eigenvalue weighted by Gasteiger charge is 1.97. The molecular formula is C12H12N2O2. The Morgan fingerprint density at radius 3 is 2.62 bits per heavy atom. The predicted octanol–water partition coefficient (Wildman–Crippen LogP) is 2.00. The van der Waals surface area contributed by atoms with Crippen LogP contribution in [-0.2, 0) is 4.79 Å². The first-order valence-electron chi connectivity index (χ1n) is 4.77. The largest absolute Gasteiger partial charge is 0.478 e. The van der Waals surface area contributed by atoms with E-state index in [1.807, 2.05) is 6.07 Å². The van der Waals surface area contributed by atoms with Crippen LogP contribution in [0.3, 0.4) is 0 Å². The Kier molecular flexibility index (Phi) is 4.10. The summed E-state index contributed by atoms with van der Waals surface area (Å²) in [6.07, 6.45) is 1.60. The number of carboxylic acids is 1. The third kappa shape index (κ3) is 3.46. The molecule has 16 heavy (non-hydrogen) atoms. The molecule has 0 spiro atoms. The first-order chi connectivity index (χ1) is 7.63. The van der Waals surface area contributed by atoms with Crippen LogP contribution in [-0.4, -0.2) is 17.6 Å². The van der Waals surface area contributed by atoms with E-state index in [0.717, 1.165) is 5.69 Å². The number of carboxylic acid groups (broad SMARTS) is 1. The van der Waals surface area contributed by atoms with Gasteiger partial charge in [-0.1, -0.05) is 6.08 Å². The highest BCUT2D eigenvalue weighted by atomic mass is 16.4. The molecule has 0 aliphatic carbocycles. The van der Waals surface area contributed by atoms with Crippen LogP contribution < -0.4 is 5.32 Å². The van der Waals surface area contributed by atoms with Gasteiger partial charge in [0, 0.05) is 17.8 Å². The number of rotatable bonds is 4. The summed E-state index contributed by atoms with van der Waals surface area (Å²) in [5.74, 6) is -0.915. The van der Waals surface area contributed by atoms with E-state index in [-0.39, 0.29) is 0 Å². The Bertz CT molecular complexity index is 441. The van der Waals surface area contributed by atoms with Crippen molar-refractivity contribution in [1.29, 1.82) is 5.26 Å². The molecule has 0 aromatic heterocycles. The third-order valence-electron chi connectivity index (χ3n) is 2.07. The molecule has 0 radical (unpaired) electrons. The molecule has 0 bridgehead atoms. The first-order valence-corrected chi connectivity index (χ1v) is 4.77. The standard InChI is InChI=1S/C12H12N2O2/c1-9(12(15)16)6-7-14-11-4-2-10(8-13)3-5-11/h2-6,14H,7H2,1H3,(H,15,16)/b9-6-. The van der Waals surface area contributed by atoms with Gasteiger partial charge in [0.05, 0.1) is 11.6 Å². The number of anilines is 1. The van der Waals surface area contributed by atoms with Crippen LogP contribution in [0.2, 0.25) is 0 Å². The first kappa shape index (κ1) is 11.8. The van der Waals surface area contributed by atoms with Gasteiger partial charge in [-0.15, -0.1) is 0 Å². The number of aliphatic carboxylic acids is 1. The zero-order chi connectivity index (χ0) is 12.0. The minimum atomic E-state index is -0.915. The summed E-state index contributed by atoms with van der Waals surface area (Å²) >= 11 is 0. The Hall–Kier alpha value is -2.28. The van der Waals surface area contributed by atoms with Crippen molar-refractivity contribution >= 4 is 11.7 Å². The second kappa shape index (κ2) is 5.56. The van der Waals surface area contributed by atoms with Crippen LogP contribution >= 0.6 is 0 Å². The van der Waals surface area contributed by atoms with Crippen molar-refractivity contribution in [3.8, 4) is 6.07 Å². The monoisotopic (exact) mass is 216 g/mol. The van der Waals surface area contributed by atoms with Crippen molar-refractivity contribution in [3.63, 3.8) is 0 Å². The summed E-state index contributed by atoms with van der Waals surface area (Å²) in [4.78, 5) is 10.5. The van der Waals surface area contributed by atoms with Gasteiger partial charge in [-0.2, -0.15) is 5.26 Å². The molecule has 4 heteroatoms. The number of nitrogens with one attached hydrogen (secondary N) is 1. The lowest BCUT2D eigenvalue weighted by atomic mass is 10.2. The molecule has 0 atom stereocenters. The second-order valence-electron chi connectivity index (χ2n) is 3.26. The lowest BCUT2D eigenvalue weighted by Gasteiger charge is -2.03. The maximum Gasteiger partial charge on any atom is 0.331 e. The van der Waals surface area contributed by atoms with Gasteiger partial charge in [-0.05, 0) is 31.2 Å². The summed E-state index contributed by atoms with van der Waals surface area (Å²) in [5, 5.41) is 20.2. The Labute approximate surface area is 93.8 Å². The van der Waals surface area contributed by atoms with Gasteiger partial charge < -0.3 is 10.4 Å². The van der Waals surface area contributed by atoms with Crippen LogP contribution in [0.5, 0.6) is 0 Å². The maximum atomic E-state index is 10.5. The van der Waals surface area contributed by atoms with Crippen molar-refractivity contribution in [1.82, 2.24) is 0 Å². The zero-order valence-electron chi connectivity index (χ0n) is 8.90. The van der Waals surface area contributed by atoms with Crippen LogP contribution in [0.15, 0.2) is 35.9 Å². The van der Waals surface area contributed by atoms with Crippen molar-refractivity contribution in [2.24, 2.45) is 0 Å². The molecule has 0 amide bonds. The molecule has 1 aromatic rings. The Morgan fingerprint density at radius 1 is 1.50 bits per heavy atom. The van der Waals surface area contributed by atoms with Gasteiger partial charge in [0.25, 0.3) is 0 Å². The van der Waals surface area contributed by atoms with Crippen molar-refractivity contribution in [3.05, 3.63) is 41.5 Å². The molecule has 2 N–H and O–H groups in total. The van der Waals surface area contributed by atoms with Crippen molar-refractivity contribution in [2.75, 3.05) is 11.9 Å². The Morgan fingerprint density at radius 2 is 2.12 bits per heavy atom. The topological polar surface area (TPSA) is 73.1 Å². The van der Waals surface area contributed by atoms with Crippen LogP contribution in [0, 0.1) is 11.3 Å². The van der Waals surface area contributed by atoms with Crippen LogP contribution in [0.4, 0.5) is 5.69 Å². The van der Waals surface area contributed by atoms with Gasteiger partial charge in [0.1, 0.15) is 0 Å². The van der Waals surface area contributed by atoms with E-state index in [4.69, 9.17) is 10.4 Å². The molecule has 82 valence electrons. The number of benzene rings is 1. The van der Waals surface area contributed by atoms with E-state index >= 15 is 0 Å². The van der Waals surface area contributed by atoms with E-state index in [1.165, 1.54) is 0 Å². The van der Waals surface area contributed by atoms with Gasteiger partial charge >= 0.3 is 5.97 Å². The van der Waals surface area contributed by atoms with Gasteiger partial charge in [0.15, 0.2) is 0 Å². The number of hydrogen-bond acceptors (Lipinski definition) is 3. The SMILES string of the molecule is C/C(=C/CNc1ccc(C#N)cc1)C(=O)O. The lowest BCUT2D eigenvalue weighted by Crippen LogP contribution is -2.02. The fraction of sp³-hybridized carbons (Fsp3) is 0.167. The van der Waals surface area contributed by atoms with Gasteiger partial charge in [-0.3, -0.25) is 0 Å². The minimum Gasteiger partial charge on any atom is -0.478 e. The number of nitrogens with zero attached hydrogens (tertiary/aromatic N) is 1. The molecule has 0 saturated heterocycles. The van der Waals surface area contributed by atoms with E-state index < -0.39 is 5.97 Å². The average molecular weight is 216 g/mol. The lowest BCUT2D eigenvalue weighted by molar-refractivity contribution is -0.132. The highest BCUT2D eigenvalue weighted by molar-refractivity contribution is 5.85. The summed E-state index contributed by atoms with van der Waals surface area (Å²) in [6.45, 7) is 1.99. The average Bonchev–Trinajstić information content (AvgIpc) is 2.29. The summed E-state index contributed by atoms with van der Waals surface area (Å²) in [6, 6.07) is 9.00. The molecule has 0 fully saturated rings. The number of carbonyl (C=O) groups is 1. The smallest absolute Gasteiger partial charge is 0.331 e. The molecule has 1 rings (SSSR count). The number of hydrogen-bond donors (Lipinski definition) is 2. The van der Waals surface area contributed by atoms with Gasteiger partial charge in [0.2, 0.25) is 0 Å². The van der Waals surface area contributed by atoms with Crippen LogP contribution in [0.1, 0.15) is 12.5 Å². The Balaban J connectivity index is 2.53. The molecule has 0 unspecified atom stereocenters.